The Morgan fingerprint density at radius 1 is 1.26 bits per heavy atom. The van der Waals surface area contributed by atoms with Crippen LogP contribution < -0.4 is 0 Å². The Morgan fingerprint density at radius 2 is 2.11 bits per heavy atom. The zero-order valence-electron chi connectivity index (χ0n) is 9.68. The molecule has 0 aliphatic carbocycles. The number of rotatable bonds is 2. The van der Waals surface area contributed by atoms with Crippen LogP contribution in [0.1, 0.15) is 10.5 Å². The van der Waals surface area contributed by atoms with E-state index in [9.17, 15) is 4.79 Å². The molecule has 0 bridgehead atoms. The summed E-state index contributed by atoms with van der Waals surface area (Å²) in [5, 5.41) is 0.564. The maximum atomic E-state index is 11.4. The predicted octanol–water partition coefficient (Wildman–Crippen LogP) is 4.23. The lowest BCUT2D eigenvalue weighted by Gasteiger charge is -1.99. The van der Waals surface area contributed by atoms with Gasteiger partial charge in [0, 0.05) is 16.2 Å². The van der Waals surface area contributed by atoms with Gasteiger partial charge in [-0.25, -0.2) is 4.98 Å². The van der Waals surface area contributed by atoms with Crippen LogP contribution in [0.4, 0.5) is 0 Å². The number of benzene rings is 1. The van der Waals surface area contributed by atoms with Crippen LogP contribution in [-0.2, 0) is 0 Å². The monoisotopic (exact) mass is 334 g/mol. The predicted molar refractivity (Wildman–Crippen MR) is 78.7 cm³/mol. The minimum atomic E-state index is 0.496. The Hall–Kier alpha value is -1.65. The minimum absolute atomic E-state index is 0.496. The molecule has 0 fully saturated rings. The number of aromatic nitrogens is 2. The first-order chi connectivity index (χ1) is 9.19. The van der Waals surface area contributed by atoms with E-state index in [0.29, 0.717) is 22.1 Å². The van der Waals surface area contributed by atoms with Gasteiger partial charge in [-0.2, -0.15) is 0 Å². The van der Waals surface area contributed by atoms with Crippen LogP contribution in [-0.4, -0.2) is 15.7 Å². The topological polar surface area (TPSA) is 34.4 Å². The highest BCUT2D eigenvalue weighted by molar-refractivity contribution is 9.10. The van der Waals surface area contributed by atoms with Gasteiger partial charge >= 0.3 is 0 Å². The zero-order chi connectivity index (χ0) is 13.4. The third-order valence-electron chi connectivity index (χ3n) is 2.83. The van der Waals surface area contributed by atoms with Crippen molar-refractivity contribution < 1.29 is 4.79 Å². The van der Waals surface area contributed by atoms with Crippen LogP contribution >= 0.6 is 27.5 Å². The summed E-state index contributed by atoms with van der Waals surface area (Å²) in [6.07, 6.45) is 2.49. The SMILES string of the molecule is O=Cc1c(-c2cccc(Br)c2)nc2ccc(Cl)cn12. The molecule has 3 nitrogen and oxygen atoms in total. The van der Waals surface area contributed by atoms with Gasteiger partial charge in [-0.05, 0) is 24.3 Å². The third-order valence-corrected chi connectivity index (χ3v) is 3.55. The highest BCUT2D eigenvalue weighted by atomic mass is 79.9. The number of pyridine rings is 1. The number of hydrogen-bond donors (Lipinski definition) is 0. The molecule has 0 saturated carbocycles. The number of carbonyl (C=O) groups excluding carboxylic acids is 1. The number of nitrogens with zero attached hydrogens (tertiary/aromatic N) is 2. The lowest BCUT2D eigenvalue weighted by atomic mass is 10.1. The number of carbonyl (C=O) groups is 1. The van der Waals surface area contributed by atoms with Crippen LogP contribution in [0.2, 0.25) is 5.02 Å². The lowest BCUT2D eigenvalue weighted by Crippen LogP contribution is -1.92. The summed E-state index contributed by atoms with van der Waals surface area (Å²) in [5.41, 5.74) is 2.73. The number of hydrogen-bond acceptors (Lipinski definition) is 2. The second kappa shape index (κ2) is 4.79. The Labute approximate surface area is 123 Å². The van der Waals surface area contributed by atoms with E-state index in [-0.39, 0.29) is 0 Å². The summed E-state index contributed by atoms with van der Waals surface area (Å²) in [4.78, 5) is 15.8. The van der Waals surface area contributed by atoms with Gasteiger partial charge in [0.25, 0.3) is 0 Å². The molecule has 0 aliphatic heterocycles. The molecule has 3 aromatic rings. The molecule has 5 heteroatoms. The van der Waals surface area contributed by atoms with Crippen molar-refractivity contribution in [3.63, 3.8) is 0 Å². The smallest absolute Gasteiger partial charge is 0.169 e. The van der Waals surface area contributed by atoms with Gasteiger partial charge < -0.3 is 0 Å². The van der Waals surface area contributed by atoms with E-state index in [0.717, 1.165) is 16.3 Å². The number of imidazole rings is 1. The molecule has 94 valence electrons. The molecule has 19 heavy (non-hydrogen) atoms. The van der Waals surface area contributed by atoms with Gasteiger partial charge in [0.05, 0.1) is 5.02 Å². The molecule has 3 rings (SSSR count). The number of fused-ring (bicyclic) bond motifs is 1. The van der Waals surface area contributed by atoms with E-state index in [1.165, 1.54) is 0 Å². The molecule has 0 radical (unpaired) electrons. The van der Waals surface area contributed by atoms with E-state index in [1.807, 2.05) is 24.3 Å². The van der Waals surface area contributed by atoms with Crippen LogP contribution in [0.25, 0.3) is 16.9 Å². The standard InChI is InChI=1S/C14H8BrClN2O/c15-10-3-1-2-9(6-10)14-12(8-19)18-7-11(16)4-5-13(18)17-14/h1-8H. The maximum Gasteiger partial charge on any atom is 0.169 e. The van der Waals surface area contributed by atoms with Gasteiger partial charge in [-0.15, -0.1) is 0 Å². The maximum absolute atomic E-state index is 11.4. The summed E-state index contributed by atoms with van der Waals surface area (Å²) in [5.74, 6) is 0. The van der Waals surface area contributed by atoms with Crippen molar-refractivity contribution in [2.24, 2.45) is 0 Å². The van der Waals surface area contributed by atoms with Crippen molar-refractivity contribution in [3.05, 3.63) is 57.8 Å². The quantitative estimate of drug-likeness (QED) is 0.657. The minimum Gasteiger partial charge on any atom is -0.296 e. The third kappa shape index (κ3) is 2.17. The molecule has 0 atom stereocenters. The molecule has 0 saturated heterocycles. The molecular weight excluding hydrogens is 328 g/mol. The van der Waals surface area contributed by atoms with Crippen molar-refractivity contribution in [2.75, 3.05) is 0 Å². The summed E-state index contributed by atoms with van der Waals surface area (Å²) < 4.78 is 2.64. The van der Waals surface area contributed by atoms with Gasteiger partial charge in [-0.3, -0.25) is 9.20 Å². The molecule has 0 unspecified atom stereocenters. The molecule has 0 amide bonds. The fraction of sp³-hybridized carbons (Fsp3) is 0. The first-order valence-corrected chi connectivity index (χ1v) is 6.75. The molecule has 1 aromatic carbocycles. The molecule has 2 aromatic heterocycles. The van der Waals surface area contributed by atoms with Crippen molar-refractivity contribution in [3.8, 4) is 11.3 Å². The zero-order valence-corrected chi connectivity index (χ0v) is 12.0. The van der Waals surface area contributed by atoms with Crippen LogP contribution in [0, 0.1) is 0 Å². The average Bonchev–Trinajstić information content (AvgIpc) is 2.76. The lowest BCUT2D eigenvalue weighted by molar-refractivity contribution is 0.111. The van der Waals surface area contributed by atoms with E-state index in [4.69, 9.17) is 11.6 Å². The summed E-state index contributed by atoms with van der Waals surface area (Å²) in [7, 11) is 0. The highest BCUT2D eigenvalue weighted by Crippen LogP contribution is 2.26. The molecule has 2 heterocycles. The van der Waals surface area contributed by atoms with E-state index in [1.54, 1.807) is 22.7 Å². The second-order valence-electron chi connectivity index (χ2n) is 4.05. The molecular formula is C14H8BrClN2O. The Kier molecular flexibility index (Phi) is 3.12. The molecule has 0 spiro atoms. The first-order valence-electron chi connectivity index (χ1n) is 5.58. The van der Waals surface area contributed by atoms with E-state index in [2.05, 4.69) is 20.9 Å². The van der Waals surface area contributed by atoms with Gasteiger partial charge in [0.15, 0.2) is 6.29 Å². The van der Waals surface area contributed by atoms with Gasteiger partial charge in [0.1, 0.15) is 17.0 Å². The first kappa shape index (κ1) is 12.4. The Bertz CT molecular complexity index is 782. The summed E-state index contributed by atoms with van der Waals surface area (Å²) in [6.45, 7) is 0. The van der Waals surface area contributed by atoms with Gasteiger partial charge in [0.2, 0.25) is 0 Å². The second-order valence-corrected chi connectivity index (χ2v) is 5.40. The Morgan fingerprint density at radius 3 is 2.84 bits per heavy atom. The van der Waals surface area contributed by atoms with Crippen LogP contribution in [0.3, 0.4) is 0 Å². The normalized spacial score (nSPS) is 10.8. The number of aldehydes is 1. The Balaban J connectivity index is 2.32. The van der Waals surface area contributed by atoms with Crippen LogP contribution in [0.5, 0.6) is 0 Å². The van der Waals surface area contributed by atoms with Crippen molar-refractivity contribution in [1.82, 2.24) is 9.38 Å². The van der Waals surface area contributed by atoms with Crippen molar-refractivity contribution >= 4 is 39.5 Å². The van der Waals surface area contributed by atoms with E-state index < -0.39 is 0 Å². The van der Waals surface area contributed by atoms with Crippen molar-refractivity contribution in [2.45, 2.75) is 0 Å². The fourth-order valence-electron chi connectivity index (χ4n) is 2.00. The highest BCUT2D eigenvalue weighted by Gasteiger charge is 2.13. The largest absolute Gasteiger partial charge is 0.296 e. The fourth-order valence-corrected chi connectivity index (χ4v) is 2.56. The average molecular weight is 336 g/mol. The van der Waals surface area contributed by atoms with Gasteiger partial charge in [-0.1, -0.05) is 39.7 Å². The van der Waals surface area contributed by atoms with Crippen LogP contribution in [0.15, 0.2) is 47.1 Å². The molecule has 0 N–H and O–H groups in total. The summed E-state index contributed by atoms with van der Waals surface area (Å²) >= 11 is 9.37. The van der Waals surface area contributed by atoms with E-state index >= 15 is 0 Å². The number of halogens is 2. The summed E-state index contributed by atoms with van der Waals surface area (Å²) in [6, 6.07) is 11.2. The van der Waals surface area contributed by atoms with Crippen molar-refractivity contribution in [1.29, 1.82) is 0 Å². The molecule has 0 aliphatic rings.